The summed E-state index contributed by atoms with van der Waals surface area (Å²) in [6.07, 6.45) is 1.38. The van der Waals surface area contributed by atoms with Crippen molar-refractivity contribution >= 4 is 11.9 Å². The van der Waals surface area contributed by atoms with E-state index in [4.69, 9.17) is 14.2 Å². The summed E-state index contributed by atoms with van der Waals surface area (Å²) in [6.45, 7) is 6.94. The lowest BCUT2D eigenvalue weighted by Crippen LogP contribution is -2.37. The number of ether oxygens (including phenoxy) is 3. The lowest BCUT2D eigenvalue weighted by atomic mass is 9.89. The van der Waals surface area contributed by atoms with Crippen molar-refractivity contribution in [2.75, 3.05) is 6.61 Å². The molecule has 0 amide bonds. The number of nitrogens with zero attached hydrogens (tertiary/aromatic N) is 1. The fraction of sp³-hybridized carbons (Fsp3) is 0.444. The van der Waals surface area contributed by atoms with Crippen LogP contribution >= 0.6 is 0 Å². The van der Waals surface area contributed by atoms with E-state index in [1.165, 1.54) is 25.0 Å². The second-order valence-corrected chi connectivity index (χ2v) is 8.58. The maximum absolute atomic E-state index is 11.6. The van der Waals surface area contributed by atoms with Crippen LogP contribution in [-0.4, -0.2) is 30.8 Å². The minimum Gasteiger partial charge on any atom is -0.463 e. The first-order valence-corrected chi connectivity index (χ1v) is 11.4. The van der Waals surface area contributed by atoms with E-state index in [0.717, 1.165) is 29.5 Å². The molecule has 1 aliphatic heterocycles. The summed E-state index contributed by atoms with van der Waals surface area (Å²) in [5.74, 6) is -0.762. The van der Waals surface area contributed by atoms with Crippen LogP contribution in [0.15, 0.2) is 36.4 Å². The Morgan fingerprint density at radius 2 is 1.79 bits per heavy atom. The molecule has 3 rings (SSSR count). The van der Waals surface area contributed by atoms with Crippen LogP contribution in [0.25, 0.3) is 0 Å². The van der Waals surface area contributed by atoms with Gasteiger partial charge in [0, 0.05) is 26.7 Å². The summed E-state index contributed by atoms with van der Waals surface area (Å²) in [5, 5.41) is 9.80. The molecule has 1 heterocycles. The Morgan fingerprint density at radius 3 is 2.39 bits per heavy atom. The Hall–Kier alpha value is -3.17. The number of esters is 2. The number of hydrogen-bond acceptors (Lipinski definition) is 6. The molecule has 0 aromatic heterocycles. The molecular formula is C27H31NO5. The van der Waals surface area contributed by atoms with Crippen LogP contribution in [0, 0.1) is 18.3 Å². The maximum Gasteiger partial charge on any atom is 0.302 e. The molecule has 33 heavy (non-hydrogen) atoms. The van der Waals surface area contributed by atoms with Gasteiger partial charge in [0.15, 0.2) is 0 Å². The van der Waals surface area contributed by atoms with Gasteiger partial charge in [-0.2, -0.15) is 5.26 Å². The first-order chi connectivity index (χ1) is 15.8. The fourth-order valence-corrected chi connectivity index (χ4v) is 4.26. The molecule has 6 nitrogen and oxygen atoms in total. The molecule has 0 N–H and O–H groups in total. The van der Waals surface area contributed by atoms with Crippen LogP contribution in [0.5, 0.6) is 0 Å². The van der Waals surface area contributed by atoms with Crippen molar-refractivity contribution in [1.82, 2.24) is 0 Å². The van der Waals surface area contributed by atoms with Gasteiger partial charge >= 0.3 is 11.9 Å². The molecule has 174 valence electrons. The Bertz CT molecular complexity index is 1040. The van der Waals surface area contributed by atoms with E-state index < -0.39 is 18.2 Å². The Kier molecular flexibility index (Phi) is 8.24. The first kappa shape index (κ1) is 24.5. The third kappa shape index (κ3) is 6.66. The van der Waals surface area contributed by atoms with E-state index >= 15 is 0 Å². The van der Waals surface area contributed by atoms with Crippen LogP contribution < -0.4 is 0 Å². The Morgan fingerprint density at radius 1 is 1.09 bits per heavy atom. The number of aryl methyl sites for hydroxylation is 2. The van der Waals surface area contributed by atoms with Crippen molar-refractivity contribution in [2.24, 2.45) is 0 Å². The summed E-state index contributed by atoms with van der Waals surface area (Å²) in [7, 11) is 0. The highest BCUT2D eigenvalue weighted by molar-refractivity contribution is 5.66. The number of carbonyl (C=O) groups excluding carboxylic acids is 2. The zero-order chi connectivity index (χ0) is 24.0. The molecule has 2 aromatic carbocycles. The Labute approximate surface area is 195 Å². The summed E-state index contributed by atoms with van der Waals surface area (Å²) in [5.41, 5.74) is 5.95. The average Bonchev–Trinajstić information content (AvgIpc) is 2.78. The van der Waals surface area contributed by atoms with Gasteiger partial charge in [-0.3, -0.25) is 9.59 Å². The maximum atomic E-state index is 11.6. The van der Waals surface area contributed by atoms with Crippen molar-refractivity contribution in [3.63, 3.8) is 0 Å². The van der Waals surface area contributed by atoms with Gasteiger partial charge in [0.2, 0.25) is 0 Å². The molecule has 0 radical (unpaired) electrons. The lowest BCUT2D eigenvalue weighted by molar-refractivity contribution is -0.169. The van der Waals surface area contributed by atoms with E-state index in [2.05, 4.69) is 37.3 Å². The molecule has 0 spiro atoms. The smallest absolute Gasteiger partial charge is 0.302 e. The lowest BCUT2D eigenvalue weighted by Gasteiger charge is -2.35. The van der Waals surface area contributed by atoms with Crippen molar-refractivity contribution in [3.8, 4) is 6.07 Å². The van der Waals surface area contributed by atoms with Gasteiger partial charge in [-0.15, -0.1) is 0 Å². The summed E-state index contributed by atoms with van der Waals surface area (Å²) >= 11 is 0. The van der Waals surface area contributed by atoms with Crippen molar-refractivity contribution in [2.45, 2.75) is 71.7 Å². The van der Waals surface area contributed by atoms with Crippen LogP contribution in [0.3, 0.4) is 0 Å². The normalized spacial score (nSPS) is 20.0. The molecule has 3 atom stereocenters. The first-order valence-electron chi connectivity index (χ1n) is 11.4. The Balaban J connectivity index is 1.90. The summed E-state index contributed by atoms with van der Waals surface area (Å²) < 4.78 is 16.9. The molecule has 1 saturated heterocycles. The fourth-order valence-electron chi connectivity index (χ4n) is 4.26. The van der Waals surface area contributed by atoms with E-state index in [0.29, 0.717) is 18.4 Å². The quantitative estimate of drug-likeness (QED) is 0.568. The van der Waals surface area contributed by atoms with E-state index in [1.54, 1.807) is 0 Å². The highest BCUT2D eigenvalue weighted by Crippen LogP contribution is 2.36. The minimum absolute atomic E-state index is 0.0774. The van der Waals surface area contributed by atoms with Gasteiger partial charge < -0.3 is 14.2 Å². The number of hydrogen-bond donors (Lipinski definition) is 0. The minimum atomic E-state index is -0.444. The molecular weight excluding hydrogens is 418 g/mol. The van der Waals surface area contributed by atoms with Gasteiger partial charge in [0.25, 0.3) is 0 Å². The largest absolute Gasteiger partial charge is 0.463 e. The number of carbonyl (C=O) groups is 2. The van der Waals surface area contributed by atoms with E-state index in [-0.39, 0.29) is 18.7 Å². The van der Waals surface area contributed by atoms with Crippen LogP contribution in [0.2, 0.25) is 0 Å². The number of rotatable bonds is 7. The highest BCUT2D eigenvalue weighted by atomic mass is 16.6. The molecule has 6 heteroatoms. The van der Waals surface area contributed by atoms with E-state index in [9.17, 15) is 14.9 Å². The third-order valence-corrected chi connectivity index (χ3v) is 5.97. The van der Waals surface area contributed by atoms with Gasteiger partial charge in [-0.25, -0.2) is 0 Å². The predicted molar refractivity (Wildman–Crippen MR) is 124 cm³/mol. The van der Waals surface area contributed by atoms with Crippen molar-refractivity contribution < 1.29 is 23.8 Å². The van der Waals surface area contributed by atoms with Crippen LogP contribution in [-0.2, 0) is 36.6 Å². The predicted octanol–water partition coefficient (Wildman–Crippen LogP) is 4.73. The molecule has 1 fully saturated rings. The molecule has 0 saturated carbocycles. The third-order valence-electron chi connectivity index (χ3n) is 5.97. The summed E-state index contributed by atoms with van der Waals surface area (Å²) in [6, 6.07) is 14.8. The second kappa shape index (κ2) is 11.1. The topological polar surface area (TPSA) is 85.6 Å². The van der Waals surface area contributed by atoms with Crippen LogP contribution in [0.4, 0.5) is 0 Å². The van der Waals surface area contributed by atoms with Gasteiger partial charge in [-0.1, -0.05) is 37.3 Å². The standard InChI is InChI=1S/C27H31NO5/c1-5-20-6-8-21(9-7-20)11-22-12-26(23(15-28)10-17(22)2)27-14-24(32-19(4)30)13-25(33-27)16-31-18(3)29/h6-10,12,24-25,27H,5,11,13-14,16H2,1-4H3. The average molecular weight is 450 g/mol. The molecule has 0 aliphatic carbocycles. The number of benzene rings is 2. The van der Waals surface area contributed by atoms with Crippen molar-refractivity contribution in [1.29, 1.82) is 5.26 Å². The number of nitriles is 1. The second-order valence-electron chi connectivity index (χ2n) is 8.58. The molecule has 1 aliphatic rings. The van der Waals surface area contributed by atoms with Gasteiger partial charge in [0.1, 0.15) is 12.7 Å². The van der Waals surface area contributed by atoms with Gasteiger partial charge in [0.05, 0.1) is 23.8 Å². The van der Waals surface area contributed by atoms with Crippen LogP contribution in [0.1, 0.15) is 73.1 Å². The zero-order valence-corrected chi connectivity index (χ0v) is 19.7. The molecule has 2 aromatic rings. The van der Waals surface area contributed by atoms with Crippen molar-refractivity contribution in [3.05, 3.63) is 69.8 Å². The molecule has 0 bridgehead atoms. The highest BCUT2D eigenvalue weighted by Gasteiger charge is 2.34. The monoisotopic (exact) mass is 449 g/mol. The molecule has 3 unspecified atom stereocenters. The summed E-state index contributed by atoms with van der Waals surface area (Å²) in [4.78, 5) is 22.9. The van der Waals surface area contributed by atoms with Gasteiger partial charge in [-0.05, 0) is 53.6 Å². The zero-order valence-electron chi connectivity index (χ0n) is 19.7. The SMILES string of the molecule is CCc1ccc(Cc2cc(C3CC(OC(C)=O)CC(COC(C)=O)O3)c(C#N)cc2C)cc1. The van der Waals surface area contributed by atoms with E-state index in [1.807, 2.05) is 19.1 Å².